The van der Waals surface area contributed by atoms with Crippen LogP contribution in [0.15, 0.2) is 6.20 Å². The normalized spacial score (nSPS) is 11.6. The van der Waals surface area contributed by atoms with E-state index in [-0.39, 0.29) is 11.8 Å². The third-order valence-electron chi connectivity index (χ3n) is 1.10. The molecular weight excluding hydrogens is 185 g/mol. The van der Waals surface area contributed by atoms with Gasteiger partial charge in [0, 0.05) is 7.05 Å². The fourth-order valence-electron chi connectivity index (χ4n) is 0.618. The lowest BCUT2D eigenvalue weighted by Gasteiger charge is -2.00. The highest BCUT2D eigenvalue weighted by molar-refractivity contribution is 7.46. The number of rotatable bonds is 2. The van der Waals surface area contributed by atoms with E-state index < -0.39 is 7.82 Å². The molecule has 0 atom stereocenters. The van der Waals surface area contributed by atoms with Crippen LogP contribution < -0.4 is 10.3 Å². The minimum atomic E-state index is -4.53. The molecule has 0 amide bonds. The number of anilines is 1. The Hall–Kier alpha value is -1.04. The van der Waals surface area contributed by atoms with Crippen LogP contribution in [0.1, 0.15) is 0 Å². The summed E-state index contributed by atoms with van der Waals surface area (Å²) < 4.78 is 15.8. The van der Waals surface area contributed by atoms with Gasteiger partial charge < -0.3 is 14.8 Å². The molecule has 0 fully saturated rings. The van der Waals surface area contributed by atoms with E-state index in [1.807, 2.05) is 0 Å². The highest BCUT2D eigenvalue weighted by atomic mass is 31.2. The van der Waals surface area contributed by atoms with Crippen LogP contribution in [0.2, 0.25) is 0 Å². The molecule has 1 heterocycles. The van der Waals surface area contributed by atoms with Crippen molar-refractivity contribution < 1.29 is 18.9 Å². The van der Waals surface area contributed by atoms with Crippen molar-refractivity contribution in [1.29, 1.82) is 0 Å². The molecule has 8 heteroatoms. The number of nitrogen functional groups attached to an aromatic ring is 1. The minimum Gasteiger partial charge on any atom is -0.384 e. The predicted molar refractivity (Wildman–Crippen MR) is 40.3 cm³/mol. The molecular formula is C4H8N3O4P. The molecule has 0 aliphatic rings. The average molecular weight is 193 g/mol. The number of nitrogens with zero attached hydrogens (tertiary/aromatic N) is 2. The largest absolute Gasteiger partial charge is 0.526 e. The van der Waals surface area contributed by atoms with Gasteiger partial charge in [-0.2, -0.15) is 4.98 Å². The summed E-state index contributed by atoms with van der Waals surface area (Å²) in [7, 11) is -2.95. The highest BCUT2D eigenvalue weighted by Crippen LogP contribution is 2.36. The summed E-state index contributed by atoms with van der Waals surface area (Å²) in [6.45, 7) is 0. The first-order chi connectivity index (χ1) is 5.38. The molecule has 0 aromatic carbocycles. The maximum atomic E-state index is 10.3. The van der Waals surface area contributed by atoms with Crippen LogP contribution in [0, 0.1) is 0 Å². The number of nitrogens with two attached hydrogens (primary N) is 1. The molecule has 0 saturated carbocycles. The first-order valence-electron chi connectivity index (χ1n) is 2.92. The Morgan fingerprint density at radius 3 is 2.67 bits per heavy atom. The number of aryl methyl sites for hydroxylation is 1. The molecule has 1 aromatic rings. The van der Waals surface area contributed by atoms with Gasteiger partial charge in [0.2, 0.25) is 11.8 Å². The fraction of sp³-hybridized carbons (Fsp3) is 0.250. The molecule has 12 heavy (non-hydrogen) atoms. The summed E-state index contributed by atoms with van der Waals surface area (Å²) in [6, 6.07) is 0. The Kier molecular flexibility index (Phi) is 2.10. The number of phosphoric acid groups is 1. The number of phosphoric ester groups is 1. The van der Waals surface area contributed by atoms with E-state index in [1.165, 1.54) is 10.8 Å². The zero-order valence-corrected chi connectivity index (χ0v) is 7.10. The van der Waals surface area contributed by atoms with Gasteiger partial charge in [0.05, 0.1) is 6.20 Å². The molecule has 0 radical (unpaired) electrons. The van der Waals surface area contributed by atoms with Crippen molar-refractivity contribution in [3.05, 3.63) is 6.20 Å². The zero-order chi connectivity index (χ0) is 9.35. The van der Waals surface area contributed by atoms with E-state index in [0.717, 1.165) is 0 Å². The Morgan fingerprint density at radius 1 is 1.75 bits per heavy atom. The Morgan fingerprint density at radius 2 is 2.33 bits per heavy atom. The quantitative estimate of drug-likeness (QED) is 0.544. The lowest BCUT2D eigenvalue weighted by molar-refractivity contribution is 0.280. The van der Waals surface area contributed by atoms with Crippen molar-refractivity contribution >= 4 is 13.8 Å². The van der Waals surface area contributed by atoms with Crippen molar-refractivity contribution in [2.24, 2.45) is 7.05 Å². The lowest BCUT2D eigenvalue weighted by Crippen LogP contribution is -1.94. The van der Waals surface area contributed by atoms with Gasteiger partial charge in [-0.1, -0.05) is 0 Å². The second kappa shape index (κ2) is 2.78. The van der Waals surface area contributed by atoms with Crippen LogP contribution in [0.25, 0.3) is 0 Å². The fourth-order valence-corrected chi connectivity index (χ4v) is 0.950. The van der Waals surface area contributed by atoms with Gasteiger partial charge in [-0.3, -0.25) is 9.79 Å². The predicted octanol–water partition coefficient (Wildman–Crippen LogP) is -0.526. The molecule has 0 unspecified atom stereocenters. The Bertz CT molecular complexity index is 310. The monoisotopic (exact) mass is 193 g/mol. The van der Waals surface area contributed by atoms with Crippen molar-refractivity contribution in [3.8, 4) is 5.88 Å². The number of imidazole rings is 1. The van der Waals surface area contributed by atoms with Gasteiger partial charge in [-0.15, -0.1) is 0 Å². The second-order valence-electron chi connectivity index (χ2n) is 2.13. The maximum absolute atomic E-state index is 10.3. The van der Waals surface area contributed by atoms with Crippen LogP contribution in [0.5, 0.6) is 5.88 Å². The van der Waals surface area contributed by atoms with Gasteiger partial charge in [-0.05, 0) is 0 Å². The Labute approximate surface area is 68.0 Å². The van der Waals surface area contributed by atoms with Gasteiger partial charge in [0.25, 0.3) is 0 Å². The summed E-state index contributed by atoms with van der Waals surface area (Å²) in [5.41, 5.74) is 5.28. The maximum Gasteiger partial charge on any atom is 0.526 e. The van der Waals surface area contributed by atoms with E-state index in [1.54, 1.807) is 7.05 Å². The van der Waals surface area contributed by atoms with Crippen LogP contribution in [-0.2, 0) is 11.6 Å². The van der Waals surface area contributed by atoms with Gasteiger partial charge in [0.1, 0.15) is 0 Å². The SMILES string of the molecule is Cn1cc(OP(=O)(O)O)nc1N. The molecule has 0 aliphatic heterocycles. The molecule has 0 saturated heterocycles. The minimum absolute atomic E-state index is 0.124. The summed E-state index contributed by atoms with van der Waals surface area (Å²) in [6.07, 6.45) is 1.27. The van der Waals surface area contributed by atoms with E-state index in [9.17, 15) is 4.57 Å². The lowest BCUT2D eigenvalue weighted by atomic mass is 10.8. The molecule has 7 nitrogen and oxygen atoms in total. The van der Waals surface area contributed by atoms with Crippen LogP contribution >= 0.6 is 7.82 Å². The van der Waals surface area contributed by atoms with Gasteiger partial charge >= 0.3 is 7.82 Å². The van der Waals surface area contributed by atoms with Crippen molar-refractivity contribution in [2.45, 2.75) is 0 Å². The molecule has 68 valence electrons. The summed E-state index contributed by atoms with van der Waals surface area (Å²) in [5.74, 6) is -0.0678. The first-order valence-corrected chi connectivity index (χ1v) is 4.45. The van der Waals surface area contributed by atoms with E-state index in [4.69, 9.17) is 15.5 Å². The smallest absolute Gasteiger partial charge is 0.384 e. The first kappa shape index (κ1) is 9.05. The molecule has 1 rings (SSSR count). The number of hydrogen-bond donors (Lipinski definition) is 3. The molecule has 1 aromatic heterocycles. The molecule has 0 spiro atoms. The summed E-state index contributed by atoms with van der Waals surface area (Å²) in [5, 5.41) is 0. The van der Waals surface area contributed by atoms with Crippen molar-refractivity contribution in [1.82, 2.24) is 9.55 Å². The third-order valence-corrected chi connectivity index (χ3v) is 1.53. The van der Waals surface area contributed by atoms with E-state index in [0.29, 0.717) is 0 Å². The van der Waals surface area contributed by atoms with Crippen molar-refractivity contribution in [2.75, 3.05) is 5.73 Å². The van der Waals surface area contributed by atoms with E-state index in [2.05, 4.69) is 9.51 Å². The molecule has 0 aliphatic carbocycles. The van der Waals surface area contributed by atoms with Crippen LogP contribution in [-0.4, -0.2) is 19.3 Å². The highest BCUT2D eigenvalue weighted by Gasteiger charge is 2.18. The molecule has 0 bridgehead atoms. The average Bonchev–Trinajstić information content (AvgIpc) is 2.07. The molecule has 4 N–H and O–H groups in total. The summed E-state index contributed by atoms with van der Waals surface area (Å²) >= 11 is 0. The van der Waals surface area contributed by atoms with Gasteiger partial charge in [0.15, 0.2) is 0 Å². The number of aromatic nitrogens is 2. The standard InChI is InChI=1S/C4H8N3O4P/c1-7-2-3(6-4(7)5)11-12(8,9)10/h2H,1H3,(H2,5,6)(H2,8,9,10). The topological polar surface area (TPSA) is 111 Å². The number of hydrogen-bond acceptors (Lipinski definition) is 4. The van der Waals surface area contributed by atoms with E-state index >= 15 is 0 Å². The Balaban J connectivity index is 2.85. The summed E-state index contributed by atoms with van der Waals surface area (Å²) in [4.78, 5) is 20.3. The van der Waals surface area contributed by atoms with Crippen molar-refractivity contribution in [3.63, 3.8) is 0 Å². The zero-order valence-electron chi connectivity index (χ0n) is 6.21. The van der Waals surface area contributed by atoms with Gasteiger partial charge in [-0.25, -0.2) is 4.57 Å². The third kappa shape index (κ3) is 2.23. The second-order valence-corrected chi connectivity index (χ2v) is 3.29. The van der Waals surface area contributed by atoms with Crippen LogP contribution in [0.4, 0.5) is 5.95 Å². The van der Waals surface area contributed by atoms with Crippen LogP contribution in [0.3, 0.4) is 0 Å².